The van der Waals surface area contributed by atoms with Crippen LogP contribution in [0.5, 0.6) is 5.75 Å². The number of rotatable bonds is 2. The number of aryl methyl sites for hydroxylation is 1. The zero-order valence-electron chi connectivity index (χ0n) is 12.3. The van der Waals surface area contributed by atoms with Crippen LogP contribution in [0.25, 0.3) is 0 Å². The van der Waals surface area contributed by atoms with Crippen molar-refractivity contribution >= 4 is 5.69 Å². The molecule has 0 amide bonds. The molecular weight excluding hydrogens is 274 g/mol. The van der Waals surface area contributed by atoms with E-state index in [1.54, 1.807) is 6.07 Å². The lowest BCUT2D eigenvalue weighted by atomic mass is 9.83. The number of nitriles is 1. The zero-order valence-corrected chi connectivity index (χ0v) is 12.3. The Balaban J connectivity index is 2.16. The van der Waals surface area contributed by atoms with E-state index in [0.29, 0.717) is 17.0 Å². The van der Waals surface area contributed by atoms with Crippen LogP contribution >= 0.6 is 0 Å². The highest BCUT2D eigenvalue weighted by Crippen LogP contribution is 2.42. The third kappa shape index (κ3) is 2.27. The third-order valence-electron chi connectivity index (χ3n) is 3.96. The van der Waals surface area contributed by atoms with E-state index in [1.807, 2.05) is 24.3 Å². The molecule has 1 heterocycles. The monoisotopic (exact) mass is 291 g/mol. The fourth-order valence-electron chi connectivity index (χ4n) is 2.76. The number of hydrogen-bond acceptors (Lipinski definition) is 4. The number of ether oxygens (including phenoxy) is 1. The van der Waals surface area contributed by atoms with E-state index in [-0.39, 0.29) is 11.8 Å². The smallest absolute Gasteiger partial charge is 0.205 e. The van der Waals surface area contributed by atoms with Crippen LogP contribution in [0.15, 0.2) is 53.9 Å². The van der Waals surface area contributed by atoms with Crippen LogP contribution < -0.4 is 16.2 Å². The van der Waals surface area contributed by atoms with Gasteiger partial charge in [-0.25, -0.2) is 0 Å². The van der Waals surface area contributed by atoms with Gasteiger partial charge in [0.1, 0.15) is 17.4 Å². The second kappa shape index (κ2) is 5.45. The first-order valence-electron chi connectivity index (χ1n) is 7.20. The van der Waals surface area contributed by atoms with Gasteiger partial charge in [-0.1, -0.05) is 37.3 Å². The zero-order chi connectivity index (χ0) is 15.7. The summed E-state index contributed by atoms with van der Waals surface area (Å²) in [5.74, 6) is 0.534. The van der Waals surface area contributed by atoms with Crippen molar-refractivity contribution in [2.75, 3.05) is 5.73 Å². The highest BCUT2D eigenvalue weighted by Gasteiger charge is 2.30. The molecular formula is C18H17N3O. The summed E-state index contributed by atoms with van der Waals surface area (Å²) >= 11 is 0. The van der Waals surface area contributed by atoms with Crippen LogP contribution in [-0.2, 0) is 6.42 Å². The fourth-order valence-corrected chi connectivity index (χ4v) is 2.76. The van der Waals surface area contributed by atoms with E-state index in [2.05, 4.69) is 25.1 Å². The van der Waals surface area contributed by atoms with E-state index in [9.17, 15) is 5.26 Å². The van der Waals surface area contributed by atoms with E-state index in [1.165, 1.54) is 5.56 Å². The molecule has 1 aliphatic heterocycles. The fraction of sp³-hybridized carbons (Fsp3) is 0.167. The lowest BCUT2D eigenvalue weighted by Crippen LogP contribution is -2.21. The van der Waals surface area contributed by atoms with Crippen LogP contribution in [0.1, 0.15) is 29.5 Å². The molecule has 2 aromatic carbocycles. The SMILES string of the molecule is CCc1ccc([C@@H]2C(C#N)=C(N)Oc3cc(N)ccc32)cc1. The summed E-state index contributed by atoms with van der Waals surface area (Å²) in [4.78, 5) is 0. The van der Waals surface area contributed by atoms with E-state index in [4.69, 9.17) is 16.2 Å². The van der Waals surface area contributed by atoms with Gasteiger partial charge in [0.25, 0.3) is 0 Å². The summed E-state index contributed by atoms with van der Waals surface area (Å²) in [7, 11) is 0. The molecule has 0 aliphatic carbocycles. The molecule has 0 bridgehead atoms. The largest absolute Gasteiger partial charge is 0.440 e. The average molecular weight is 291 g/mol. The van der Waals surface area contributed by atoms with Gasteiger partial charge in [0.15, 0.2) is 0 Å². The van der Waals surface area contributed by atoms with Gasteiger partial charge in [-0.3, -0.25) is 0 Å². The Hall–Kier alpha value is -2.93. The number of allylic oxidation sites excluding steroid dienone is 1. The van der Waals surface area contributed by atoms with E-state index < -0.39 is 0 Å². The van der Waals surface area contributed by atoms with Gasteiger partial charge in [-0.15, -0.1) is 0 Å². The Labute approximate surface area is 129 Å². The Bertz CT molecular complexity index is 785. The maximum atomic E-state index is 9.48. The van der Waals surface area contributed by atoms with Crippen molar-refractivity contribution in [3.63, 3.8) is 0 Å². The quantitative estimate of drug-likeness (QED) is 0.833. The Morgan fingerprint density at radius 2 is 1.86 bits per heavy atom. The molecule has 0 aromatic heterocycles. The molecule has 1 atom stereocenters. The summed E-state index contributed by atoms with van der Waals surface area (Å²) in [5, 5.41) is 9.48. The summed E-state index contributed by atoms with van der Waals surface area (Å²) in [6, 6.07) is 15.9. The van der Waals surface area contributed by atoms with Crippen molar-refractivity contribution in [3.05, 3.63) is 70.6 Å². The molecule has 0 spiro atoms. The first kappa shape index (κ1) is 14.0. The number of benzene rings is 2. The standard InChI is InChI=1S/C18H17N3O/c1-2-11-3-5-12(6-4-11)17-14-8-7-13(20)9-16(14)22-18(21)15(17)10-19/h3-9,17H,2,20-21H2,1H3/t17-/m0/s1. The summed E-state index contributed by atoms with van der Waals surface area (Å²) in [5.41, 5.74) is 16.0. The molecule has 3 rings (SSSR count). The van der Waals surface area contributed by atoms with Crippen LogP contribution in [0.4, 0.5) is 5.69 Å². The first-order chi connectivity index (χ1) is 10.6. The number of anilines is 1. The van der Waals surface area contributed by atoms with Crippen LogP contribution in [0.2, 0.25) is 0 Å². The minimum absolute atomic E-state index is 0.144. The van der Waals surface area contributed by atoms with E-state index in [0.717, 1.165) is 17.5 Å². The number of fused-ring (bicyclic) bond motifs is 1. The highest BCUT2D eigenvalue weighted by atomic mass is 16.5. The molecule has 4 nitrogen and oxygen atoms in total. The number of hydrogen-bond donors (Lipinski definition) is 2. The Morgan fingerprint density at radius 1 is 1.14 bits per heavy atom. The predicted molar refractivity (Wildman–Crippen MR) is 86.0 cm³/mol. The second-order valence-corrected chi connectivity index (χ2v) is 5.32. The Morgan fingerprint density at radius 3 is 2.50 bits per heavy atom. The molecule has 0 saturated carbocycles. The van der Waals surface area contributed by atoms with Crippen molar-refractivity contribution in [1.29, 1.82) is 5.26 Å². The molecule has 22 heavy (non-hydrogen) atoms. The van der Waals surface area contributed by atoms with Crippen molar-refractivity contribution < 1.29 is 4.74 Å². The lowest BCUT2D eigenvalue weighted by molar-refractivity contribution is 0.394. The molecule has 0 unspecified atom stereocenters. The van der Waals surface area contributed by atoms with Crippen molar-refractivity contribution in [2.45, 2.75) is 19.3 Å². The van der Waals surface area contributed by atoms with Gasteiger partial charge in [-0.2, -0.15) is 5.26 Å². The van der Waals surface area contributed by atoms with Gasteiger partial charge in [-0.05, 0) is 23.6 Å². The van der Waals surface area contributed by atoms with E-state index >= 15 is 0 Å². The van der Waals surface area contributed by atoms with Gasteiger partial charge in [0.2, 0.25) is 5.88 Å². The van der Waals surface area contributed by atoms with Crippen molar-refractivity contribution in [2.24, 2.45) is 5.73 Å². The van der Waals surface area contributed by atoms with Crippen LogP contribution in [0, 0.1) is 11.3 Å². The lowest BCUT2D eigenvalue weighted by Gasteiger charge is -2.26. The molecule has 0 saturated heterocycles. The van der Waals surface area contributed by atoms with Crippen LogP contribution in [0.3, 0.4) is 0 Å². The number of nitrogens with zero attached hydrogens (tertiary/aromatic N) is 1. The van der Waals surface area contributed by atoms with Crippen molar-refractivity contribution in [1.82, 2.24) is 0 Å². The Kier molecular flexibility index (Phi) is 3.48. The topological polar surface area (TPSA) is 85.1 Å². The molecule has 4 N–H and O–H groups in total. The molecule has 110 valence electrons. The van der Waals surface area contributed by atoms with Gasteiger partial charge >= 0.3 is 0 Å². The first-order valence-corrected chi connectivity index (χ1v) is 7.20. The number of nitrogens with two attached hydrogens (primary N) is 2. The maximum absolute atomic E-state index is 9.48. The molecule has 2 aromatic rings. The molecule has 4 heteroatoms. The molecule has 0 fully saturated rings. The molecule has 0 radical (unpaired) electrons. The summed E-state index contributed by atoms with van der Waals surface area (Å²) in [6.07, 6.45) is 0.976. The average Bonchev–Trinajstić information content (AvgIpc) is 2.53. The van der Waals surface area contributed by atoms with Crippen molar-refractivity contribution in [3.8, 4) is 11.8 Å². The predicted octanol–water partition coefficient (Wildman–Crippen LogP) is 3.05. The molecule has 1 aliphatic rings. The summed E-state index contributed by atoms with van der Waals surface area (Å²) < 4.78 is 5.57. The maximum Gasteiger partial charge on any atom is 0.205 e. The number of nitrogen functional groups attached to an aromatic ring is 1. The minimum Gasteiger partial charge on any atom is -0.440 e. The highest BCUT2D eigenvalue weighted by molar-refractivity contribution is 5.59. The normalized spacial score (nSPS) is 16.6. The summed E-state index contributed by atoms with van der Waals surface area (Å²) in [6.45, 7) is 2.11. The van der Waals surface area contributed by atoms with Crippen LogP contribution in [-0.4, -0.2) is 0 Å². The third-order valence-corrected chi connectivity index (χ3v) is 3.96. The minimum atomic E-state index is -0.222. The van der Waals surface area contributed by atoms with Gasteiger partial charge in [0.05, 0.1) is 5.92 Å². The second-order valence-electron chi connectivity index (χ2n) is 5.32. The van der Waals surface area contributed by atoms with Gasteiger partial charge in [0, 0.05) is 17.3 Å². The van der Waals surface area contributed by atoms with Gasteiger partial charge < -0.3 is 16.2 Å².